The van der Waals surface area contributed by atoms with Gasteiger partial charge in [-0.2, -0.15) is 0 Å². The summed E-state index contributed by atoms with van der Waals surface area (Å²) in [6.45, 7) is 0.691. The van der Waals surface area contributed by atoms with Crippen LogP contribution >= 0.6 is 0 Å². The van der Waals surface area contributed by atoms with Crippen molar-refractivity contribution >= 4 is 0 Å². The van der Waals surface area contributed by atoms with E-state index in [1.54, 1.807) is 0 Å². The number of rotatable bonds is 7. The van der Waals surface area contributed by atoms with Crippen molar-refractivity contribution in [1.82, 2.24) is 0 Å². The summed E-state index contributed by atoms with van der Waals surface area (Å²) in [5.41, 5.74) is 10.8. The lowest BCUT2D eigenvalue weighted by molar-refractivity contribution is -0.254. The molecule has 1 N–H and O–H groups in total. The minimum atomic E-state index is -1.15. The lowest BCUT2D eigenvalue weighted by atomic mass is 10.0. The molecule has 0 aromatic heterocycles. The molecular weight excluding hydrogens is 334 g/mol. The highest BCUT2D eigenvalue weighted by Crippen LogP contribution is 2.24. The Labute approximate surface area is 151 Å². The second-order valence-corrected chi connectivity index (χ2v) is 6.02. The average molecular weight is 355 g/mol. The summed E-state index contributed by atoms with van der Waals surface area (Å²) in [4.78, 5) is 2.87. The van der Waals surface area contributed by atoms with Crippen molar-refractivity contribution < 1.29 is 19.3 Å². The Bertz CT molecular complexity index is 722. The van der Waals surface area contributed by atoms with Crippen molar-refractivity contribution in [1.29, 1.82) is 0 Å². The molecule has 3 rings (SSSR count). The van der Waals surface area contributed by atoms with Gasteiger partial charge in [-0.15, -0.1) is 0 Å². The van der Waals surface area contributed by atoms with E-state index in [0.29, 0.717) is 13.2 Å². The molecule has 0 bridgehead atoms. The summed E-state index contributed by atoms with van der Waals surface area (Å²) in [6.07, 6.45) is -2.52. The molecule has 7 heteroatoms. The van der Waals surface area contributed by atoms with E-state index in [1.165, 1.54) is 0 Å². The molecule has 0 saturated carbocycles. The van der Waals surface area contributed by atoms with Crippen LogP contribution < -0.4 is 0 Å². The van der Waals surface area contributed by atoms with E-state index < -0.39 is 24.5 Å². The number of nitrogens with zero attached hydrogens (tertiary/aromatic N) is 3. The predicted molar refractivity (Wildman–Crippen MR) is 94.9 cm³/mol. The lowest BCUT2D eigenvalue weighted by Crippen LogP contribution is -2.54. The van der Waals surface area contributed by atoms with E-state index >= 15 is 0 Å². The summed E-state index contributed by atoms with van der Waals surface area (Å²) < 4.78 is 17.2. The van der Waals surface area contributed by atoms with Gasteiger partial charge in [0.2, 0.25) is 0 Å². The minimum absolute atomic E-state index is 0.0792. The molecule has 2 aromatic carbocycles. The summed E-state index contributed by atoms with van der Waals surface area (Å²) in [5.74, 6) is 0. The van der Waals surface area contributed by atoms with Gasteiger partial charge in [0.25, 0.3) is 0 Å². The van der Waals surface area contributed by atoms with Gasteiger partial charge in [-0.05, 0) is 16.7 Å². The van der Waals surface area contributed by atoms with Gasteiger partial charge in [-0.25, -0.2) is 0 Å². The second kappa shape index (κ2) is 9.33. The van der Waals surface area contributed by atoms with Crippen LogP contribution in [0.1, 0.15) is 11.1 Å². The third-order valence-electron chi connectivity index (χ3n) is 4.19. The van der Waals surface area contributed by atoms with Crippen molar-refractivity contribution in [2.75, 3.05) is 6.61 Å². The van der Waals surface area contributed by atoms with E-state index in [0.717, 1.165) is 11.1 Å². The number of hydrogen-bond donors (Lipinski definition) is 1. The van der Waals surface area contributed by atoms with Crippen LogP contribution in [0.2, 0.25) is 0 Å². The smallest absolute Gasteiger partial charge is 0.183 e. The Kier molecular flexibility index (Phi) is 6.60. The predicted octanol–water partition coefficient (Wildman–Crippen LogP) is 3.18. The molecular formula is C19H21N3O4. The Balaban J connectivity index is 1.71. The van der Waals surface area contributed by atoms with Gasteiger partial charge in [0, 0.05) is 4.91 Å². The SMILES string of the molecule is [N-]=[N+]=N[C@H]1COC(O)[C@H](OCc2ccccc2)[C@H]1OCc1ccccc1. The van der Waals surface area contributed by atoms with Gasteiger partial charge in [0.05, 0.1) is 32.0 Å². The van der Waals surface area contributed by atoms with Crippen molar-refractivity contribution in [2.45, 2.75) is 37.8 Å². The highest BCUT2D eigenvalue weighted by molar-refractivity contribution is 5.14. The number of benzene rings is 2. The molecule has 1 unspecified atom stereocenters. The molecule has 0 radical (unpaired) electrons. The zero-order chi connectivity index (χ0) is 18.2. The molecule has 4 atom stereocenters. The van der Waals surface area contributed by atoms with Crippen molar-refractivity contribution in [2.24, 2.45) is 5.11 Å². The maximum atomic E-state index is 10.2. The van der Waals surface area contributed by atoms with Crippen LogP contribution in [0.4, 0.5) is 0 Å². The highest BCUT2D eigenvalue weighted by Gasteiger charge is 2.41. The topological polar surface area (TPSA) is 96.7 Å². The molecule has 1 aliphatic heterocycles. The third-order valence-corrected chi connectivity index (χ3v) is 4.19. The van der Waals surface area contributed by atoms with Gasteiger partial charge in [0.15, 0.2) is 6.29 Å². The molecule has 2 aromatic rings. The number of aliphatic hydroxyl groups excluding tert-OH is 1. The zero-order valence-electron chi connectivity index (χ0n) is 14.2. The number of aliphatic hydroxyl groups is 1. The van der Waals surface area contributed by atoms with Gasteiger partial charge in [-0.3, -0.25) is 0 Å². The third kappa shape index (κ3) is 4.82. The normalized spacial score (nSPS) is 25.4. The van der Waals surface area contributed by atoms with Crippen LogP contribution in [0.15, 0.2) is 65.8 Å². The molecule has 1 aliphatic rings. The summed E-state index contributed by atoms with van der Waals surface area (Å²) >= 11 is 0. The van der Waals surface area contributed by atoms with Gasteiger partial charge < -0.3 is 19.3 Å². The maximum absolute atomic E-state index is 10.2. The molecule has 1 heterocycles. The molecule has 7 nitrogen and oxygen atoms in total. The molecule has 1 saturated heterocycles. The van der Waals surface area contributed by atoms with Gasteiger partial charge >= 0.3 is 0 Å². The van der Waals surface area contributed by atoms with Crippen LogP contribution in [0.25, 0.3) is 10.4 Å². The Morgan fingerprint density at radius 1 is 0.962 bits per heavy atom. The first kappa shape index (κ1) is 18.4. The Morgan fingerprint density at radius 3 is 2.04 bits per heavy atom. The van der Waals surface area contributed by atoms with Crippen LogP contribution in [0.5, 0.6) is 0 Å². The maximum Gasteiger partial charge on any atom is 0.183 e. The van der Waals surface area contributed by atoms with Crippen molar-refractivity contribution in [3.8, 4) is 0 Å². The zero-order valence-corrected chi connectivity index (χ0v) is 14.2. The molecule has 0 aliphatic carbocycles. The quantitative estimate of drug-likeness (QED) is 0.468. The Hall–Kier alpha value is -2.41. The van der Waals surface area contributed by atoms with Crippen molar-refractivity contribution in [3.63, 3.8) is 0 Å². The first-order chi connectivity index (χ1) is 12.8. The van der Waals surface area contributed by atoms with E-state index in [4.69, 9.17) is 19.7 Å². The van der Waals surface area contributed by atoms with Crippen LogP contribution in [-0.4, -0.2) is 36.3 Å². The van der Waals surface area contributed by atoms with Crippen LogP contribution in [-0.2, 0) is 27.4 Å². The highest BCUT2D eigenvalue weighted by atomic mass is 16.6. The molecule has 26 heavy (non-hydrogen) atoms. The number of ether oxygens (including phenoxy) is 3. The first-order valence-electron chi connectivity index (χ1n) is 8.43. The van der Waals surface area contributed by atoms with E-state index in [2.05, 4.69) is 10.0 Å². The van der Waals surface area contributed by atoms with Crippen molar-refractivity contribution in [3.05, 3.63) is 82.2 Å². The summed E-state index contributed by atoms with van der Waals surface area (Å²) in [6, 6.07) is 18.7. The molecule has 136 valence electrons. The van der Waals surface area contributed by atoms with Crippen LogP contribution in [0, 0.1) is 0 Å². The first-order valence-corrected chi connectivity index (χ1v) is 8.43. The molecule has 0 spiro atoms. The molecule has 1 fully saturated rings. The fraction of sp³-hybridized carbons (Fsp3) is 0.368. The Morgan fingerprint density at radius 2 is 1.50 bits per heavy atom. The monoisotopic (exact) mass is 355 g/mol. The fourth-order valence-corrected chi connectivity index (χ4v) is 2.85. The average Bonchev–Trinajstić information content (AvgIpc) is 2.69. The lowest BCUT2D eigenvalue weighted by Gasteiger charge is -2.38. The largest absolute Gasteiger partial charge is 0.370 e. The minimum Gasteiger partial charge on any atom is -0.370 e. The van der Waals surface area contributed by atoms with E-state index in [9.17, 15) is 5.11 Å². The van der Waals surface area contributed by atoms with E-state index in [-0.39, 0.29) is 6.61 Å². The summed E-state index contributed by atoms with van der Waals surface area (Å²) in [5, 5.41) is 14.0. The molecule has 0 amide bonds. The summed E-state index contributed by atoms with van der Waals surface area (Å²) in [7, 11) is 0. The van der Waals surface area contributed by atoms with E-state index in [1.807, 2.05) is 60.7 Å². The van der Waals surface area contributed by atoms with Crippen LogP contribution in [0.3, 0.4) is 0 Å². The number of hydrogen-bond acceptors (Lipinski definition) is 5. The second-order valence-electron chi connectivity index (χ2n) is 6.02. The fourth-order valence-electron chi connectivity index (χ4n) is 2.85. The standard InChI is InChI=1S/C19H21N3O4/c20-22-21-16-13-26-19(23)18(25-12-15-9-5-2-6-10-15)17(16)24-11-14-7-3-1-4-8-14/h1-10,16-19,23H,11-13H2/t16-,17-,18+,19?/m0/s1. The van der Waals surface area contributed by atoms with Gasteiger partial charge in [-0.1, -0.05) is 65.8 Å². The van der Waals surface area contributed by atoms with Gasteiger partial charge in [0.1, 0.15) is 6.10 Å². The number of azide groups is 1.